The summed E-state index contributed by atoms with van der Waals surface area (Å²) in [7, 11) is -4.69. The van der Waals surface area contributed by atoms with E-state index >= 15 is 0 Å². The molecule has 148 valence electrons. The van der Waals surface area contributed by atoms with Crippen molar-refractivity contribution in [3.8, 4) is 11.5 Å². The fourth-order valence-corrected chi connectivity index (χ4v) is 5.80. The van der Waals surface area contributed by atoms with Crippen LogP contribution in [0.15, 0.2) is 17.0 Å². The summed E-state index contributed by atoms with van der Waals surface area (Å²) in [5.41, 5.74) is 0. The zero-order valence-corrected chi connectivity index (χ0v) is 17.8. The van der Waals surface area contributed by atoms with Crippen molar-refractivity contribution >= 4 is 55.3 Å². The summed E-state index contributed by atoms with van der Waals surface area (Å²) in [6, 6.07) is 2.46. The fourth-order valence-electron chi connectivity index (χ4n) is 1.87. The third-order valence-electron chi connectivity index (χ3n) is 2.99. The molecule has 0 amide bonds. The first-order chi connectivity index (χ1) is 12.4. The van der Waals surface area contributed by atoms with Gasteiger partial charge in [0.05, 0.1) is 4.90 Å². The molecule has 0 radical (unpaired) electrons. The van der Waals surface area contributed by atoms with E-state index in [2.05, 4.69) is 4.74 Å². The molecule has 0 aliphatic rings. The molecule has 0 heterocycles. The molecule has 5 nitrogen and oxygen atoms in total. The van der Waals surface area contributed by atoms with Crippen molar-refractivity contribution in [3.63, 3.8) is 0 Å². The number of halogens is 7. The van der Waals surface area contributed by atoms with E-state index in [4.69, 9.17) is 4.74 Å². The van der Waals surface area contributed by atoms with Gasteiger partial charge >= 0.3 is 0 Å². The van der Waals surface area contributed by atoms with Crippen LogP contribution in [0.1, 0.15) is 0 Å². The van der Waals surface area contributed by atoms with Crippen molar-refractivity contribution in [2.45, 2.75) is 4.90 Å². The van der Waals surface area contributed by atoms with Crippen molar-refractivity contribution in [2.75, 3.05) is 13.2 Å². The van der Waals surface area contributed by atoms with E-state index in [9.17, 15) is 34.9 Å². The molecular weight excluding hydrogens is 629 g/mol. The molecule has 0 unspecified atom stereocenters. The van der Waals surface area contributed by atoms with E-state index in [1.807, 2.05) is 0 Å². The minimum absolute atomic E-state index is 0.0881. The van der Waals surface area contributed by atoms with Crippen LogP contribution in [-0.4, -0.2) is 26.2 Å². The molecule has 2 aromatic carbocycles. The largest absolute Gasteiger partial charge is 0.744 e. The summed E-state index contributed by atoms with van der Waals surface area (Å²) in [4.78, 5) is -0.422. The second kappa shape index (κ2) is 8.60. The van der Waals surface area contributed by atoms with E-state index in [1.54, 1.807) is 45.2 Å². The number of hydrogen-bond acceptors (Lipinski definition) is 5. The maximum absolute atomic E-state index is 13.4. The van der Waals surface area contributed by atoms with Gasteiger partial charge in [0.2, 0.25) is 29.1 Å². The maximum Gasteiger partial charge on any atom is 0.206 e. The summed E-state index contributed by atoms with van der Waals surface area (Å²) >= 11 is 3.23. The maximum atomic E-state index is 13.4. The van der Waals surface area contributed by atoms with Crippen LogP contribution in [-0.2, 0) is 10.1 Å². The van der Waals surface area contributed by atoms with Gasteiger partial charge in [-0.2, -0.15) is 8.78 Å². The van der Waals surface area contributed by atoms with Crippen molar-refractivity contribution in [3.05, 3.63) is 48.4 Å². The lowest BCUT2D eigenvalue weighted by atomic mass is 10.2. The van der Waals surface area contributed by atoms with Crippen molar-refractivity contribution in [2.24, 2.45) is 0 Å². The Kier molecular flexibility index (Phi) is 7.12. The average Bonchev–Trinajstić information content (AvgIpc) is 2.55. The first-order valence-electron chi connectivity index (χ1n) is 6.67. The standard InChI is InChI=1S/C14H7F5I2O5S/c15-8-9(16)11(18)13(12(19)10(8)17)26-2-1-25-5-3-6(20)14(7(21)4-5)27(22,23)24/h3-4H,1-2H2,(H,22,23,24)/p-1. The van der Waals surface area contributed by atoms with Gasteiger partial charge in [-0.05, 0) is 57.3 Å². The Labute approximate surface area is 176 Å². The fraction of sp³-hybridized carbons (Fsp3) is 0.143. The van der Waals surface area contributed by atoms with Crippen LogP contribution < -0.4 is 9.47 Å². The SMILES string of the molecule is O=S(=O)([O-])c1c(I)cc(OCCOc2c(F)c(F)c(F)c(F)c2F)cc1I. The van der Waals surface area contributed by atoms with E-state index in [1.165, 1.54) is 12.1 Å². The summed E-state index contributed by atoms with van der Waals surface area (Å²) in [5, 5.41) is 0. The highest BCUT2D eigenvalue weighted by molar-refractivity contribution is 14.1. The summed E-state index contributed by atoms with van der Waals surface area (Å²) in [5.74, 6) is -12.1. The minimum atomic E-state index is -4.69. The second-order valence-corrected chi connectivity index (χ2v) is 8.41. The minimum Gasteiger partial charge on any atom is -0.744 e. The van der Waals surface area contributed by atoms with Crippen LogP contribution >= 0.6 is 45.2 Å². The van der Waals surface area contributed by atoms with Crippen molar-refractivity contribution in [1.29, 1.82) is 0 Å². The monoisotopic (exact) mass is 635 g/mol. The molecule has 27 heavy (non-hydrogen) atoms. The van der Waals surface area contributed by atoms with E-state index in [-0.39, 0.29) is 19.5 Å². The lowest BCUT2D eigenvalue weighted by Gasteiger charge is -2.15. The van der Waals surface area contributed by atoms with E-state index in [0.29, 0.717) is 0 Å². The van der Waals surface area contributed by atoms with Gasteiger partial charge in [0.25, 0.3) is 0 Å². The Morgan fingerprint density at radius 2 is 1.22 bits per heavy atom. The predicted molar refractivity (Wildman–Crippen MR) is 97.1 cm³/mol. The van der Waals surface area contributed by atoms with Gasteiger partial charge in [-0.25, -0.2) is 21.6 Å². The van der Waals surface area contributed by atoms with Crippen LogP contribution in [0, 0.1) is 36.2 Å². The molecule has 0 bridgehead atoms. The van der Waals surface area contributed by atoms with Crippen LogP contribution in [0.2, 0.25) is 0 Å². The first-order valence-corrected chi connectivity index (χ1v) is 10.2. The molecule has 0 atom stereocenters. The zero-order valence-electron chi connectivity index (χ0n) is 12.7. The Bertz CT molecular complexity index is 948. The molecule has 0 saturated carbocycles. The van der Waals surface area contributed by atoms with Gasteiger partial charge in [-0.3, -0.25) is 0 Å². The molecule has 0 aliphatic heterocycles. The predicted octanol–water partition coefficient (Wildman–Crippen LogP) is 3.95. The number of hydrogen-bond donors (Lipinski definition) is 0. The molecule has 2 aromatic rings. The van der Waals surface area contributed by atoms with Gasteiger partial charge in [0.15, 0.2) is 5.75 Å². The zero-order chi connectivity index (χ0) is 20.5. The van der Waals surface area contributed by atoms with E-state index < -0.39 is 56.5 Å². The highest BCUT2D eigenvalue weighted by atomic mass is 127. The third-order valence-corrected chi connectivity index (χ3v) is 6.36. The Balaban J connectivity index is 2.09. The molecule has 0 N–H and O–H groups in total. The van der Waals surface area contributed by atoms with Gasteiger partial charge in [-0.1, -0.05) is 0 Å². The normalized spacial score (nSPS) is 11.6. The topological polar surface area (TPSA) is 75.7 Å². The molecule has 0 aromatic heterocycles. The van der Waals surface area contributed by atoms with Crippen molar-refractivity contribution in [1.82, 2.24) is 0 Å². The first kappa shape index (κ1) is 22.4. The lowest BCUT2D eigenvalue weighted by molar-refractivity contribution is 0.198. The third kappa shape index (κ3) is 4.92. The summed E-state index contributed by atoms with van der Waals surface area (Å²) in [6.45, 7) is -0.942. The Morgan fingerprint density at radius 3 is 1.67 bits per heavy atom. The molecule has 0 fully saturated rings. The quantitative estimate of drug-likeness (QED) is 0.120. The second-order valence-electron chi connectivity index (χ2n) is 4.77. The van der Waals surface area contributed by atoms with Crippen LogP contribution in [0.5, 0.6) is 11.5 Å². The highest BCUT2D eigenvalue weighted by Crippen LogP contribution is 2.30. The van der Waals surface area contributed by atoms with Crippen LogP contribution in [0.4, 0.5) is 22.0 Å². The van der Waals surface area contributed by atoms with Crippen molar-refractivity contribution < 1.29 is 44.4 Å². The Hall–Kier alpha value is -0.940. The summed E-state index contributed by atoms with van der Waals surface area (Å²) in [6.07, 6.45) is 0. The molecular formula is C14H6F5I2O5S-. The van der Waals surface area contributed by atoms with Gasteiger partial charge in [0.1, 0.15) is 29.1 Å². The lowest BCUT2D eigenvalue weighted by Crippen LogP contribution is -2.13. The van der Waals surface area contributed by atoms with Gasteiger partial charge in [0, 0.05) is 7.14 Å². The van der Waals surface area contributed by atoms with Gasteiger partial charge < -0.3 is 14.0 Å². The van der Waals surface area contributed by atoms with Crippen LogP contribution in [0.3, 0.4) is 0 Å². The molecule has 0 aliphatic carbocycles. The number of ether oxygens (including phenoxy) is 2. The molecule has 0 spiro atoms. The number of rotatable bonds is 6. The smallest absolute Gasteiger partial charge is 0.206 e. The molecule has 2 rings (SSSR count). The van der Waals surface area contributed by atoms with E-state index in [0.717, 1.165) is 0 Å². The average molecular weight is 635 g/mol. The Morgan fingerprint density at radius 1 is 0.815 bits per heavy atom. The molecule has 0 saturated heterocycles. The number of benzene rings is 2. The molecule has 13 heteroatoms. The summed E-state index contributed by atoms with van der Waals surface area (Å²) < 4.78 is 109. The van der Waals surface area contributed by atoms with Gasteiger partial charge in [-0.15, -0.1) is 0 Å². The highest BCUT2D eigenvalue weighted by Gasteiger charge is 2.27. The van der Waals surface area contributed by atoms with Crippen LogP contribution in [0.25, 0.3) is 0 Å².